The van der Waals surface area contributed by atoms with E-state index in [2.05, 4.69) is 20.8 Å². The van der Waals surface area contributed by atoms with Crippen LogP contribution in [0.1, 0.15) is 46.5 Å². The quantitative estimate of drug-likeness (QED) is 0.554. The molecule has 0 aromatic carbocycles. The van der Waals surface area contributed by atoms with Crippen LogP contribution in [0, 0.1) is 11.8 Å². The third kappa shape index (κ3) is 6.33. The third-order valence-corrected chi connectivity index (χ3v) is 2.07. The Labute approximate surface area is 70.2 Å². The zero-order valence-electron chi connectivity index (χ0n) is 8.07. The van der Waals surface area contributed by atoms with E-state index >= 15 is 0 Å². The van der Waals surface area contributed by atoms with Crippen LogP contribution in [0.15, 0.2) is 0 Å². The van der Waals surface area contributed by atoms with E-state index in [1.54, 1.807) is 0 Å². The first-order valence-corrected chi connectivity index (χ1v) is 4.76. The summed E-state index contributed by atoms with van der Waals surface area (Å²) in [6.07, 6.45) is 4.42. The third-order valence-electron chi connectivity index (χ3n) is 2.07. The zero-order chi connectivity index (χ0) is 8.69. The molecule has 1 atom stereocenters. The van der Waals surface area contributed by atoms with Gasteiger partial charge in [0.2, 0.25) is 0 Å². The summed E-state index contributed by atoms with van der Waals surface area (Å²) in [4.78, 5) is 0. The first kappa shape index (κ1) is 10.9. The lowest BCUT2D eigenvalue weighted by molar-refractivity contribution is 0.306. The average molecular weight is 160 g/mol. The predicted molar refractivity (Wildman–Crippen MR) is 48.4 cm³/mol. The van der Waals surface area contributed by atoms with Gasteiger partial charge in [0.25, 0.3) is 0 Å². The molecular weight excluding hydrogens is 139 g/mol. The molecule has 0 radical (unpaired) electrons. The fourth-order valence-corrected chi connectivity index (χ4v) is 1.28. The fraction of sp³-hybridized carbons (Fsp3) is 1.00. The molecule has 0 saturated carbocycles. The van der Waals surface area contributed by atoms with Crippen molar-refractivity contribution in [2.24, 2.45) is 11.8 Å². The van der Waals surface area contributed by atoms with Gasteiger partial charge in [0, 0.05) is 0 Å². The van der Waals surface area contributed by atoms with Crippen LogP contribution in [0.3, 0.4) is 0 Å². The number of hydrogen-bond donors (Lipinski definition) is 0. The van der Waals surface area contributed by atoms with Gasteiger partial charge in [-0.05, 0) is 24.7 Å². The Morgan fingerprint density at radius 2 is 1.73 bits per heavy atom. The van der Waals surface area contributed by atoms with Crippen molar-refractivity contribution in [3.63, 3.8) is 0 Å². The van der Waals surface area contributed by atoms with Gasteiger partial charge in [0.05, 0.1) is 6.67 Å². The van der Waals surface area contributed by atoms with Crippen molar-refractivity contribution in [1.82, 2.24) is 0 Å². The van der Waals surface area contributed by atoms with Gasteiger partial charge < -0.3 is 0 Å². The van der Waals surface area contributed by atoms with Gasteiger partial charge in [-0.2, -0.15) is 0 Å². The Hall–Kier alpha value is -0.0700. The topological polar surface area (TPSA) is 0 Å². The molecule has 11 heavy (non-hydrogen) atoms. The molecule has 0 aliphatic heterocycles. The van der Waals surface area contributed by atoms with Gasteiger partial charge in [0.15, 0.2) is 0 Å². The maximum atomic E-state index is 12.3. The van der Waals surface area contributed by atoms with E-state index in [9.17, 15) is 4.39 Å². The monoisotopic (exact) mass is 160 g/mol. The molecule has 0 spiro atoms. The Morgan fingerprint density at radius 1 is 1.09 bits per heavy atom. The Morgan fingerprint density at radius 3 is 2.09 bits per heavy atom. The van der Waals surface area contributed by atoms with Crippen LogP contribution in [-0.4, -0.2) is 6.67 Å². The van der Waals surface area contributed by atoms with Crippen molar-refractivity contribution < 1.29 is 4.39 Å². The minimum absolute atomic E-state index is 0.124. The van der Waals surface area contributed by atoms with Crippen molar-refractivity contribution in [2.45, 2.75) is 46.5 Å². The lowest BCUT2D eigenvalue weighted by Gasteiger charge is -2.12. The van der Waals surface area contributed by atoms with E-state index in [4.69, 9.17) is 0 Å². The van der Waals surface area contributed by atoms with Crippen molar-refractivity contribution in [2.75, 3.05) is 6.67 Å². The van der Waals surface area contributed by atoms with E-state index < -0.39 is 0 Å². The molecule has 0 heterocycles. The van der Waals surface area contributed by atoms with Crippen LogP contribution in [0.4, 0.5) is 4.39 Å². The van der Waals surface area contributed by atoms with Crippen molar-refractivity contribution in [3.8, 4) is 0 Å². The molecule has 0 aromatic rings. The molecule has 0 saturated heterocycles. The minimum Gasteiger partial charge on any atom is -0.251 e. The van der Waals surface area contributed by atoms with Gasteiger partial charge in [-0.25, -0.2) is 0 Å². The summed E-state index contributed by atoms with van der Waals surface area (Å²) < 4.78 is 12.3. The molecule has 0 bridgehead atoms. The summed E-state index contributed by atoms with van der Waals surface area (Å²) in [6.45, 7) is 6.39. The summed E-state index contributed by atoms with van der Waals surface area (Å²) in [7, 11) is 0. The van der Waals surface area contributed by atoms with E-state index in [1.807, 2.05) is 0 Å². The molecule has 0 N–H and O–H groups in total. The average Bonchev–Trinajstić information content (AvgIpc) is 1.97. The largest absolute Gasteiger partial charge is 0.251 e. The van der Waals surface area contributed by atoms with E-state index in [1.165, 1.54) is 6.42 Å². The zero-order valence-corrected chi connectivity index (χ0v) is 8.07. The highest BCUT2D eigenvalue weighted by atomic mass is 19.1. The van der Waals surface area contributed by atoms with Crippen LogP contribution in [-0.2, 0) is 0 Å². The molecule has 0 amide bonds. The SMILES string of the molecule is CCCC(CF)CCC(C)C. The molecule has 0 aliphatic carbocycles. The summed E-state index contributed by atoms with van der Waals surface area (Å²) in [6, 6.07) is 0. The normalized spacial score (nSPS) is 13.9. The summed E-state index contributed by atoms with van der Waals surface area (Å²) in [5.41, 5.74) is 0. The summed E-state index contributed by atoms with van der Waals surface area (Å²) >= 11 is 0. The minimum atomic E-state index is -0.124. The van der Waals surface area contributed by atoms with Gasteiger partial charge in [-0.3, -0.25) is 4.39 Å². The van der Waals surface area contributed by atoms with Gasteiger partial charge in [-0.15, -0.1) is 0 Å². The first-order valence-electron chi connectivity index (χ1n) is 4.76. The maximum absolute atomic E-state index is 12.3. The molecule has 0 rings (SSSR count). The summed E-state index contributed by atoms with van der Waals surface area (Å²) in [5, 5.41) is 0. The second kappa shape index (κ2) is 6.63. The molecule has 0 nitrogen and oxygen atoms in total. The van der Waals surface area contributed by atoms with Crippen molar-refractivity contribution in [1.29, 1.82) is 0 Å². The molecule has 1 unspecified atom stereocenters. The second-order valence-electron chi connectivity index (χ2n) is 3.78. The highest BCUT2D eigenvalue weighted by molar-refractivity contribution is 4.58. The van der Waals surface area contributed by atoms with Gasteiger partial charge >= 0.3 is 0 Å². The Bertz CT molecular complexity index is 78.9. The predicted octanol–water partition coefficient (Wildman–Crippen LogP) is 3.81. The van der Waals surface area contributed by atoms with Crippen LogP contribution < -0.4 is 0 Å². The second-order valence-corrected chi connectivity index (χ2v) is 3.78. The molecule has 0 fully saturated rings. The van der Waals surface area contributed by atoms with Gasteiger partial charge in [0.1, 0.15) is 0 Å². The number of hydrogen-bond acceptors (Lipinski definition) is 0. The van der Waals surface area contributed by atoms with E-state index in [0.29, 0.717) is 5.92 Å². The Kier molecular flexibility index (Phi) is 6.59. The highest BCUT2D eigenvalue weighted by Crippen LogP contribution is 2.17. The van der Waals surface area contributed by atoms with Gasteiger partial charge in [-0.1, -0.05) is 33.6 Å². The molecule has 1 heteroatoms. The fourth-order valence-electron chi connectivity index (χ4n) is 1.28. The number of rotatable bonds is 6. The van der Waals surface area contributed by atoms with E-state index in [0.717, 1.165) is 25.2 Å². The molecular formula is C10H21F. The molecule has 0 aromatic heterocycles. The van der Waals surface area contributed by atoms with Crippen LogP contribution in [0.2, 0.25) is 0 Å². The number of halogens is 1. The summed E-state index contributed by atoms with van der Waals surface area (Å²) in [5.74, 6) is 1.06. The van der Waals surface area contributed by atoms with Crippen molar-refractivity contribution >= 4 is 0 Å². The lowest BCUT2D eigenvalue weighted by atomic mass is 9.95. The Balaban J connectivity index is 3.35. The smallest absolute Gasteiger partial charge is 0.0922 e. The lowest BCUT2D eigenvalue weighted by Crippen LogP contribution is -2.04. The first-order chi connectivity index (χ1) is 5.20. The van der Waals surface area contributed by atoms with Crippen LogP contribution in [0.25, 0.3) is 0 Å². The van der Waals surface area contributed by atoms with Crippen LogP contribution in [0.5, 0.6) is 0 Å². The maximum Gasteiger partial charge on any atom is 0.0922 e. The van der Waals surface area contributed by atoms with Crippen molar-refractivity contribution in [3.05, 3.63) is 0 Å². The molecule has 0 aliphatic rings. The van der Waals surface area contributed by atoms with Crippen LogP contribution >= 0.6 is 0 Å². The highest BCUT2D eigenvalue weighted by Gasteiger charge is 2.07. The van der Waals surface area contributed by atoms with E-state index in [-0.39, 0.29) is 6.67 Å². The number of alkyl halides is 1. The molecule has 68 valence electrons. The standard InChI is InChI=1S/C10H21F/c1-4-5-10(8-11)7-6-9(2)3/h9-10H,4-8H2,1-3H3.